The van der Waals surface area contributed by atoms with Gasteiger partial charge in [-0.2, -0.15) is 0 Å². The number of aromatic nitrogens is 3. The maximum absolute atomic E-state index is 15.2. The number of guanidine groups is 1. The van der Waals surface area contributed by atoms with Gasteiger partial charge < -0.3 is 122 Å². The van der Waals surface area contributed by atoms with Gasteiger partial charge in [-0.05, 0) is 98.7 Å². The summed E-state index contributed by atoms with van der Waals surface area (Å²) in [5.41, 5.74) is 19.3. The number of hydrogen-bond acceptors (Lipinski definition) is 21. The lowest BCUT2D eigenvalue weighted by Crippen LogP contribution is -2.61. The Bertz CT molecular complexity index is 4220. The summed E-state index contributed by atoms with van der Waals surface area (Å²) < 4.78 is 0. The van der Waals surface area contributed by atoms with Crippen LogP contribution in [0.2, 0.25) is 0 Å². The third-order valence-corrected chi connectivity index (χ3v) is 19.2. The maximum Gasteiger partial charge on any atom is 0.305 e. The Morgan fingerprint density at radius 2 is 1.04 bits per heavy atom. The molecule has 5 aromatic rings. The minimum Gasteiger partial charge on any atom is -0.508 e. The zero-order valence-corrected chi connectivity index (χ0v) is 65.6. The summed E-state index contributed by atoms with van der Waals surface area (Å²) in [6.45, 7) is 3.99. The van der Waals surface area contributed by atoms with Gasteiger partial charge in [-0.25, -0.2) is 4.98 Å². The highest BCUT2D eigenvalue weighted by Gasteiger charge is 2.40. The quantitative estimate of drug-likeness (QED) is 0.00991. The second-order valence-electron chi connectivity index (χ2n) is 28.7. The highest BCUT2D eigenvalue weighted by atomic mass is 16.4. The van der Waals surface area contributed by atoms with Crippen LogP contribution in [0.25, 0.3) is 10.9 Å². The van der Waals surface area contributed by atoms with E-state index in [0.29, 0.717) is 53.3 Å². The Morgan fingerprint density at radius 3 is 1.57 bits per heavy atom. The molecule has 1 aliphatic heterocycles. The molecule has 26 N–H and O–H groups in total. The molecular weight excluding hydrogens is 1520 g/mol. The lowest BCUT2D eigenvalue weighted by molar-refractivity contribution is -0.141. The van der Waals surface area contributed by atoms with Gasteiger partial charge in [0.2, 0.25) is 82.7 Å². The summed E-state index contributed by atoms with van der Waals surface area (Å²) in [4.78, 5) is 220. The predicted molar refractivity (Wildman–Crippen MR) is 423 cm³/mol. The number of carbonyl (C=O) groups excluding carboxylic acids is 14. The van der Waals surface area contributed by atoms with Gasteiger partial charge in [0, 0.05) is 74.7 Å². The number of aliphatic hydroxyl groups is 2. The molecule has 3 aromatic carbocycles. The number of unbranched alkanes of at least 4 members (excludes halogenated alkanes) is 2. The third kappa shape index (κ3) is 30.3. The van der Waals surface area contributed by atoms with Crippen molar-refractivity contribution in [2.24, 2.45) is 23.1 Å². The van der Waals surface area contributed by atoms with Crippen LogP contribution in [0, 0.1) is 11.3 Å². The van der Waals surface area contributed by atoms with Crippen molar-refractivity contribution in [2.75, 3.05) is 39.4 Å². The number of nitrogens with one attached hydrogen (secondary N) is 16. The van der Waals surface area contributed by atoms with E-state index < -0.39 is 200 Å². The van der Waals surface area contributed by atoms with Gasteiger partial charge in [-0.1, -0.05) is 94.3 Å². The molecule has 117 heavy (non-hydrogen) atoms. The number of phenolic OH excluding ortho intramolecular Hbond substituents is 1. The summed E-state index contributed by atoms with van der Waals surface area (Å²) >= 11 is 0. The smallest absolute Gasteiger partial charge is 0.305 e. The number of carbonyl (C=O) groups is 15. The van der Waals surface area contributed by atoms with Crippen molar-refractivity contribution >= 4 is 106 Å². The second-order valence-corrected chi connectivity index (χ2v) is 28.7. The first-order valence-electron chi connectivity index (χ1n) is 38.6. The number of aliphatic carboxylic acids is 1. The molecule has 636 valence electrons. The van der Waals surface area contributed by atoms with Gasteiger partial charge in [-0.15, -0.1) is 0 Å². The number of para-hydroxylation sites is 1. The van der Waals surface area contributed by atoms with E-state index in [1.54, 1.807) is 81.6 Å². The number of aromatic amines is 2. The minimum absolute atomic E-state index is 0.00407. The third-order valence-electron chi connectivity index (χ3n) is 19.2. The molecule has 0 spiro atoms. The van der Waals surface area contributed by atoms with Crippen LogP contribution >= 0.6 is 0 Å². The number of hydrogen-bond donors (Lipinski definition) is 23. The van der Waals surface area contributed by atoms with Gasteiger partial charge in [0.25, 0.3) is 0 Å². The van der Waals surface area contributed by atoms with Crippen LogP contribution in [0.4, 0.5) is 0 Å². The van der Waals surface area contributed by atoms with Crippen LogP contribution in [0.1, 0.15) is 121 Å². The Labute approximate surface area is 674 Å². The molecule has 3 heterocycles. The number of H-pyrrole nitrogens is 2. The summed E-state index contributed by atoms with van der Waals surface area (Å²) in [5, 5.41) is 81.9. The fourth-order valence-corrected chi connectivity index (χ4v) is 12.9. The molecule has 14 amide bonds. The maximum atomic E-state index is 15.2. The van der Waals surface area contributed by atoms with Gasteiger partial charge in [-0.3, -0.25) is 77.3 Å². The first-order valence-corrected chi connectivity index (χ1v) is 38.6. The van der Waals surface area contributed by atoms with E-state index in [0.717, 1.165) is 6.92 Å². The van der Waals surface area contributed by atoms with E-state index in [-0.39, 0.29) is 94.8 Å². The fourth-order valence-electron chi connectivity index (χ4n) is 12.9. The largest absolute Gasteiger partial charge is 0.508 e. The Kier molecular flexibility index (Phi) is 37.7. The lowest BCUT2D eigenvalue weighted by atomic mass is 10.0. The number of carboxylic acids is 1. The van der Waals surface area contributed by atoms with Gasteiger partial charge in [0.05, 0.1) is 32.5 Å². The molecule has 0 aliphatic carbocycles. The number of fused-ring (bicyclic) bond motifs is 1. The molecule has 1 aliphatic rings. The van der Waals surface area contributed by atoms with E-state index >= 15 is 19.2 Å². The number of aliphatic hydroxyl groups excluding tert-OH is 2. The normalized spacial score (nSPS) is 15.2. The molecule has 1 saturated heterocycles. The van der Waals surface area contributed by atoms with Crippen LogP contribution in [-0.2, 0) is 97.6 Å². The van der Waals surface area contributed by atoms with Crippen molar-refractivity contribution in [1.29, 1.82) is 5.41 Å². The van der Waals surface area contributed by atoms with Crippen LogP contribution < -0.4 is 86.3 Å². The molecule has 0 saturated carbocycles. The highest BCUT2D eigenvalue weighted by molar-refractivity contribution is 6.01. The van der Waals surface area contributed by atoms with Gasteiger partial charge >= 0.3 is 5.97 Å². The van der Waals surface area contributed by atoms with E-state index in [4.69, 9.17) is 22.6 Å². The van der Waals surface area contributed by atoms with E-state index in [1.807, 2.05) is 0 Å². The molecule has 6 rings (SSSR count). The van der Waals surface area contributed by atoms with E-state index in [2.05, 4.69) is 84.1 Å². The lowest BCUT2D eigenvalue weighted by Gasteiger charge is -2.28. The minimum atomic E-state index is -2.02. The van der Waals surface area contributed by atoms with Crippen molar-refractivity contribution in [1.82, 2.24) is 89.0 Å². The van der Waals surface area contributed by atoms with Crippen LogP contribution in [0.15, 0.2) is 97.6 Å². The SMILES string of the molecule is CCCC[C@H](NC(=O)[C@H](CO)NC(=O)[C@H](Cc1ccc(O)cc1)NC(=O)[C@H](CO)NC(C)=O)C(=O)N[C@@H](CC(=O)O)C(=O)N[C@@H](Cc1cnc[nH]1)C(=O)N[C@H](Cc1ccccc1)C(=O)N[C@@H](CCCNC(=N)N)C(=O)N[C@@H](Cc1c[nH]c2ccccc12)C(=O)N[C@@H](CCCCN)C(=O)NCC(=O)N1CCC[C@H]1C(=O)N[C@H](C(N)=O)C(C)C. The molecular formula is C77H109N21O19. The number of rotatable bonds is 49. The Morgan fingerprint density at radius 1 is 0.556 bits per heavy atom. The summed E-state index contributed by atoms with van der Waals surface area (Å²) in [6.07, 6.45) is 3.53. The van der Waals surface area contributed by atoms with Crippen molar-refractivity contribution in [3.8, 4) is 5.75 Å². The topological polar surface area (TPSA) is 643 Å². The number of nitrogens with two attached hydrogens (primary N) is 3. The number of nitrogens with zero attached hydrogens (tertiary/aromatic N) is 2. The summed E-state index contributed by atoms with van der Waals surface area (Å²) in [7, 11) is 0. The molecule has 0 radical (unpaired) electrons. The average molecular weight is 1630 g/mol. The van der Waals surface area contributed by atoms with Crippen LogP contribution in [-0.4, -0.2) is 247 Å². The van der Waals surface area contributed by atoms with Crippen molar-refractivity contribution < 1.29 is 92.3 Å². The fraction of sp³-hybridized carbons (Fsp3) is 0.494. The first kappa shape index (κ1) is 93.3. The number of phenols is 1. The van der Waals surface area contributed by atoms with Crippen molar-refractivity contribution in [2.45, 2.75) is 197 Å². The van der Waals surface area contributed by atoms with Crippen molar-refractivity contribution in [3.05, 3.63) is 120 Å². The molecule has 1 fully saturated rings. The van der Waals surface area contributed by atoms with Crippen LogP contribution in [0.5, 0.6) is 5.75 Å². The Balaban J connectivity index is 1.26. The summed E-state index contributed by atoms with van der Waals surface area (Å²) in [6, 6.07) is 2.40. The summed E-state index contributed by atoms with van der Waals surface area (Å²) in [5.74, 6) is -15.6. The first-order chi connectivity index (χ1) is 55.8. The average Bonchev–Trinajstić information content (AvgIpc) is 1.72. The number of primary amides is 1. The number of carboxylic acid groups (broad SMARTS) is 1. The zero-order valence-electron chi connectivity index (χ0n) is 65.6. The molecule has 2 aromatic heterocycles. The number of likely N-dealkylation sites (tertiary alicyclic amines) is 1. The molecule has 0 unspecified atom stereocenters. The standard InChI is InChI=1S/C77H109N21O19/c1-5-6-19-52(90-75(116)60(40-100)96-70(111)55(32-45-24-26-48(102)27-25-45)92-74(115)59(39-99)87-43(4)101)67(108)95-58(35-63(104)105)73(114)94-57(34-47-37-82-41-86-47)72(113)91-54(31-44-16-8-7-9-17-44)69(110)89-53(22-14-29-83-77(80)81)68(109)93-56(33-46-36-84-50-20-11-10-18-49(46)50)71(112)88-51(21-12-13-28-78)66(107)85-38-62(103)98-30-15-23-61(98)76(117)97-64(42(2)3)65(79)106/h7-11,16-18,20,24-27,36-37,41-42,51-61,64,84,99-100,102H,5-6,12-15,19,21-23,28-35,38-40,78H2,1-4H3,(H2,79,106)(H,82,86)(H,85,107)(H,87,101)(H,88,112)(H,89,110)(H,90,116)(H,91,113)(H,92,115)(H,93,109)(H,94,114)(H,95,108)(H,96,111)(H,97,117)(H,104,105)(H4,80,81,83)/t51-,52-,53-,54+,55-,56-,57-,58-,59-,60-,61-,64-/m0/s1. The van der Waals surface area contributed by atoms with Crippen LogP contribution in [0.3, 0.4) is 0 Å². The van der Waals surface area contributed by atoms with Gasteiger partial charge in [0.15, 0.2) is 5.96 Å². The highest BCUT2D eigenvalue weighted by Crippen LogP contribution is 2.22. The van der Waals surface area contributed by atoms with E-state index in [1.165, 1.54) is 41.7 Å². The number of imidazole rings is 1. The predicted octanol–water partition coefficient (Wildman–Crippen LogP) is -4.49. The van der Waals surface area contributed by atoms with Gasteiger partial charge in [0.1, 0.15) is 78.3 Å². The van der Waals surface area contributed by atoms with Crippen molar-refractivity contribution in [3.63, 3.8) is 0 Å². The second kappa shape index (κ2) is 47.3. The monoisotopic (exact) mass is 1630 g/mol. The zero-order chi connectivity index (χ0) is 85.8. The number of aromatic hydroxyl groups is 1. The molecule has 12 atom stereocenters. The molecule has 40 nitrogen and oxygen atoms in total. The Hall–Kier alpha value is -12.6. The molecule has 0 bridgehead atoms. The molecule has 40 heteroatoms. The number of benzene rings is 3. The van der Waals surface area contributed by atoms with E-state index in [9.17, 15) is 73.2 Å². The number of amides is 14.